The van der Waals surface area contributed by atoms with Gasteiger partial charge in [0, 0.05) is 12.0 Å². The topological polar surface area (TPSA) is 27.1 Å². The zero-order valence-electron chi connectivity index (χ0n) is 20.7. The first kappa shape index (κ1) is 24.5. The molecule has 1 aliphatic rings. The van der Waals surface area contributed by atoms with E-state index in [1.54, 1.807) is 6.07 Å². The van der Waals surface area contributed by atoms with Gasteiger partial charge in [0.1, 0.15) is 5.82 Å². The van der Waals surface area contributed by atoms with Gasteiger partial charge in [0.15, 0.2) is 6.23 Å². The lowest BCUT2D eigenvalue weighted by molar-refractivity contribution is -0.0366. The van der Waals surface area contributed by atoms with Crippen molar-refractivity contribution in [2.45, 2.75) is 45.8 Å². The van der Waals surface area contributed by atoms with E-state index >= 15 is 0 Å². The zero-order valence-corrected chi connectivity index (χ0v) is 21.4. The largest absolute Gasteiger partial charge is 0.356 e. The van der Waals surface area contributed by atoms with E-state index in [1.807, 2.05) is 23.9 Å². The molecule has 0 bridgehead atoms. The molecule has 0 N–H and O–H groups in total. The van der Waals surface area contributed by atoms with Crippen molar-refractivity contribution < 1.29 is 9.13 Å². The minimum absolute atomic E-state index is 0.0134. The molecule has 1 saturated heterocycles. The number of fused-ring (bicyclic) bond motifs is 1. The third-order valence-corrected chi connectivity index (χ3v) is 7.10. The monoisotopic (exact) mass is 500 g/mol. The predicted octanol–water partition coefficient (Wildman–Crippen LogP) is 8.93. The third-order valence-electron chi connectivity index (χ3n) is 6.78. The minimum Gasteiger partial charge on any atom is -0.356 e. The summed E-state index contributed by atoms with van der Waals surface area (Å²) in [5.74, 6) is -0.338. The molecule has 3 aromatic carbocycles. The highest BCUT2D eigenvalue weighted by Crippen LogP contribution is 2.38. The maximum atomic E-state index is 13.9. The number of benzene rings is 3. The number of ether oxygens (including phenoxy) is 1. The van der Waals surface area contributed by atoms with E-state index in [4.69, 9.17) is 16.3 Å². The Morgan fingerprint density at radius 1 is 1.08 bits per heavy atom. The smallest absolute Gasteiger partial charge is 0.150 e. The van der Waals surface area contributed by atoms with Crippen molar-refractivity contribution in [3.8, 4) is 0 Å². The maximum Gasteiger partial charge on any atom is 0.150 e. The summed E-state index contributed by atoms with van der Waals surface area (Å²) < 4.78 is 21.9. The molecule has 0 amide bonds. The van der Waals surface area contributed by atoms with Crippen LogP contribution in [0.25, 0.3) is 28.1 Å². The van der Waals surface area contributed by atoms with Crippen molar-refractivity contribution in [2.75, 3.05) is 6.61 Å². The van der Waals surface area contributed by atoms with Gasteiger partial charge >= 0.3 is 0 Å². The summed E-state index contributed by atoms with van der Waals surface area (Å²) in [7, 11) is 0. The molecule has 1 fully saturated rings. The molecule has 4 aromatic rings. The molecule has 3 nitrogen and oxygen atoms in total. The van der Waals surface area contributed by atoms with E-state index in [9.17, 15) is 4.39 Å². The van der Waals surface area contributed by atoms with Crippen molar-refractivity contribution in [1.29, 1.82) is 0 Å². The lowest BCUT2D eigenvalue weighted by Crippen LogP contribution is -2.18. The number of hydrogen-bond acceptors (Lipinski definition) is 2. The third kappa shape index (κ3) is 4.88. The number of rotatable bonds is 6. The summed E-state index contributed by atoms with van der Waals surface area (Å²) in [4.78, 5) is 0. The van der Waals surface area contributed by atoms with Gasteiger partial charge in [0.25, 0.3) is 0 Å². The number of allylic oxidation sites excluding steroid dienone is 2. The maximum absolute atomic E-state index is 13.9. The van der Waals surface area contributed by atoms with Crippen molar-refractivity contribution in [2.24, 2.45) is 0 Å². The standard InChI is InChI=1S/C31H30ClFN2O/c1-3-7-21-9-11-22(12-10-21)31(26(4-2)27-15-14-25(33)19-28(27)32)23-13-16-29-24(18-23)20-34-35(29)30-8-5-6-17-36-30/h3,7,9-16,18-20,30H,4-6,8,17H2,1-2H3/b7-3+,31-26+. The van der Waals surface area contributed by atoms with Crippen LogP contribution < -0.4 is 0 Å². The van der Waals surface area contributed by atoms with Gasteiger partial charge in [0.05, 0.1) is 16.7 Å². The fourth-order valence-electron chi connectivity index (χ4n) is 5.06. The van der Waals surface area contributed by atoms with Gasteiger partial charge in [-0.05, 0) is 90.3 Å². The lowest BCUT2D eigenvalue weighted by Gasteiger charge is -2.23. The molecular formula is C31H30ClFN2O. The van der Waals surface area contributed by atoms with E-state index in [0.29, 0.717) is 5.02 Å². The van der Waals surface area contributed by atoms with Crippen molar-refractivity contribution in [1.82, 2.24) is 9.78 Å². The van der Waals surface area contributed by atoms with E-state index < -0.39 is 0 Å². The highest BCUT2D eigenvalue weighted by Gasteiger charge is 2.20. The highest BCUT2D eigenvalue weighted by atomic mass is 35.5. The normalized spacial score (nSPS) is 17.1. The molecule has 0 aliphatic carbocycles. The summed E-state index contributed by atoms with van der Waals surface area (Å²) in [6, 6.07) is 19.6. The Morgan fingerprint density at radius 3 is 2.58 bits per heavy atom. The summed E-state index contributed by atoms with van der Waals surface area (Å²) in [6.07, 6.45) is 9.99. The van der Waals surface area contributed by atoms with E-state index in [1.165, 1.54) is 12.1 Å². The predicted molar refractivity (Wildman–Crippen MR) is 147 cm³/mol. The van der Waals surface area contributed by atoms with Crippen LogP contribution >= 0.6 is 11.6 Å². The average Bonchev–Trinajstić information content (AvgIpc) is 3.32. The molecule has 5 rings (SSSR count). The molecule has 1 unspecified atom stereocenters. The first-order chi connectivity index (χ1) is 17.6. The second kappa shape index (κ2) is 10.8. The SMILES string of the molecule is C/C=C/c1ccc(/C(=C(/CC)c2ccc(F)cc2Cl)c2ccc3c(cnn3C3CCCCO3)c2)cc1. The summed E-state index contributed by atoms with van der Waals surface area (Å²) in [5.41, 5.74) is 7.36. The Balaban J connectivity index is 1.68. The molecule has 0 saturated carbocycles. The van der Waals surface area contributed by atoms with Crippen LogP contribution in [0.3, 0.4) is 0 Å². The molecular weight excluding hydrogens is 471 g/mol. The van der Waals surface area contributed by atoms with Crippen molar-refractivity contribution >= 4 is 39.7 Å². The molecule has 5 heteroatoms. The molecule has 1 atom stereocenters. The minimum atomic E-state index is -0.338. The fraction of sp³-hybridized carbons (Fsp3) is 0.258. The van der Waals surface area contributed by atoms with Crippen LogP contribution in [-0.4, -0.2) is 16.4 Å². The van der Waals surface area contributed by atoms with Crippen LogP contribution in [0, 0.1) is 5.82 Å². The number of halogens is 2. The lowest BCUT2D eigenvalue weighted by atomic mass is 9.87. The van der Waals surface area contributed by atoms with Gasteiger partial charge in [-0.2, -0.15) is 5.10 Å². The summed E-state index contributed by atoms with van der Waals surface area (Å²) >= 11 is 6.56. The van der Waals surface area contributed by atoms with Crippen LogP contribution in [0.1, 0.15) is 68.0 Å². The van der Waals surface area contributed by atoms with Crippen molar-refractivity contribution in [3.63, 3.8) is 0 Å². The van der Waals surface area contributed by atoms with Gasteiger partial charge in [-0.25, -0.2) is 9.07 Å². The Bertz CT molecular complexity index is 1430. The number of aromatic nitrogens is 2. The molecule has 1 aromatic heterocycles. The summed E-state index contributed by atoms with van der Waals surface area (Å²) in [5, 5.41) is 6.15. The Hall–Kier alpha value is -3.21. The second-order valence-electron chi connectivity index (χ2n) is 9.14. The Labute approximate surface area is 216 Å². The van der Waals surface area contributed by atoms with E-state index in [0.717, 1.165) is 76.6 Å². The summed E-state index contributed by atoms with van der Waals surface area (Å²) in [6.45, 7) is 4.90. The molecule has 184 valence electrons. The van der Waals surface area contributed by atoms with Gasteiger partial charge in [-0.15, -0.1) is 0 Å². The fourth-order valence-corrected chi connectivity index (χ4v) is 5.34. The second-order valence-corrected chi connectivity index (χ2v) is 9.54. The van der Waals surface area contributed by atoms with Gasteiger partial charge in [0.2, 0.25) is 0 Å². The molecule has 36 heavy (non-hydrogen) atoms. The number of nitrogens with zero attached hydrogens (tertiary/aromatic N) is 2. The molecule has 0 radical (unpaired) electrons. The molecule has 0 spiro atoms. The molecule has 1 aliphatic heterocycles. The highest BCUT2D eigenvalue weighted by molar-refractivity contribution is 6.32. The van der Waals surface area contributed by atoms with Crippen LogP contribution in [-0.2, 0) is 4.74 Å². The van der Waals surface area contributed by atoms with Crippen molar-refractivity contribution in [3.05, 3.63) is 106 Å². The first-order valence-corrected chi connectivity index (χ1v) is 13.0. The Morgan fingerprint density at radius 2 is 1.89 bits per heavy atom. The first-order valence-electron chi connectivity index (χ1n) is 12.6. The Kier molecular flexibility index (Phi) is 7.35. The number of hydrogen-bond donors (Lipinski definition) is 0. The molecule has 2 heterocycles. The van der Waals surface area contributed by atoms with Crippen LogP contribution in [0.5, 0.6) is 0 Å². The van der Waals surface area contributed by atoms with Crippen LogP contribution in [0.15, 0.2) is 72.9 Å². The van der Waals surface area contributed by atoms with E-state index in [-0.39, 0.29) is 12.0 Å². The van der Waals surface area contributed by atoms with Crippen LogP contribution in [0.4, 0.5) is 4.39 Å². The van der Waals surface area contributed by atoms with Gasteiger partial charge in [-0.3, -0.25) is 0 Å². The van der Waals surface area contributed by atoms with Crippen LogP contribution in [0.2, 0.25) is 5.02 Å². The average molecular weight is 501 g/mol. The van der Waals surface area contributed by atoms with Gasteiger partial charge < -0.3 is 4.74 Å². The van der Waals surface area contributed by atoms with E-state index in [2.05, 4.69) is 60.6 Å². The quantitative estimate of drug-likeness (QED) is 0.247. The zero-order chi connectivity index (χ0) is 25.1. The van der Waals surface area contributed by atoms with Gasteiger partial charge in [-0.1, -0.05) is 67.1 Å².